The summed E-state index contributed by atoms with van der Waals surface area (Å²) in [6, 6.07) is 10.4. The van der Waals surface area contributed by atoms with Crippen LogP contribution in [0.25, 0.3) is 6.08 Å². The molecule has 26 heavy (non-hydrogen) atoms. The fraction of sp³-hybridized carbons (Fsp3) is 0.591. The van der Waals surface area contributed by atoms with Gasteiger partial charge >= 0.3 is 0 Å². The Kier molecular flexibility index (Phi) is 9.43. The molecular formula is C22H35N3O. The van der Waals surface area contributed by atoms with Gasteiger partial charge in [0.2, 0.25) is 0 Å². The number of rotatable bonds is 10. The number of likely N-dealkylation sites (N-methyl/N-ethyl adjacent to an activating group) is 1. The van der Waals surface area contributed by atoms with E-state index in [1.54, 1.807) is 0 Å². The normalized spacial score (nSPS) is 17.3. The summed E-state index contributed by atoms with van der Waals surface area (Å²) in [5.74, 6) is 0.669. The van der Waals surface area contributed by atoms with Crippen LogP contribution in [-0.4, -0.2) is 61.9 Å². The predicted molar refractivity (Wildman–Crippen MR) is 111 cm³/mol. The zero-order valence-electron chi connectivity index (χ0n) is 16.7. The molecule has 2 rings (SSSR count). The SMILES string of the molecule is CC(C)CCC(/C=C/c1ccccc1)=N\OCCCN1CCN(C)CC1. The molecule has 0 aromatic heterocycles. The molecule has 0 spiro atoms. The first-order valence-corrected chi connectivity index (χ1v) is 9.96. The summed E-state index contributed by atoms with van der Waals surface area (Å²) < 4.78 is 0. The van der Waals surface area contributed by atoms with Crippen LogP contribution in [0.5, 0.6) is 0 Å². The van der Waals surface area contributed by atoms with Crippen LogP contribution in [0.15, 0.2) is 41.6 Å². The zero-order chi connectivity index (χ0) is 18.6. The van der Waals surface area contributed by atoms with E-state index in [2.05, 4.69) is 72.3 Å². The van der Waals surface area contributed by atoms with E-state index in [0.29, 0.717) is 12.5 Å². The Morgan fingerprint density at radius 3 is 2.58 bits per heavy atom. The highest BCUT2D eigenvalue weighted by Crippen LogP contribution is 2.09. The maximum atomic E-state index is 5.63. The summed E-state index contributed by atoms with van der Waals surface area (Å²) in [6.07, 6.45) is 7.33. The van der Waals surface area contributed by atoms with Crippen molar-refractivity contribution in [3.63, 3.8) is 0 Å². The zero-order valence-corrected chi connectivity index (χ0v) is 16.7. The molecule has 1 aliphatic heterocycles. The van der Waals surface area contributed by atoms with Gasteiger partial charge in [0.25, 0.3) is 0 Å². The molecule has 0 N–H and O–H groups in total. The van der Waals surface area contributed by atoms with Gasteiger partial charge in [0.15, 0.2) is 0 Å². The number of piperazine rings is 1. The molecule has 1 saturated heterocycles. The van der Waals surface area contributed by atoms with Crippen LogP contribution < -0.4 is 0 Å². The monoisotopic (exact) mass is 357 g/mol. The van der Waals surface area contributed by atoms with Gasteiger partial charge in [-0.3, -0.25) is 0 Å². The lowest BCUT2D eigenvalue weighted by Crippen LogP contribution is -2.44. The number of nitrogens with zero attached hydrogens (tertiary/aromatic N) is 3. The second kappa shape index (κ2) is 11.9. The fourth-order valence-corrected chi connectivity index (χ4v) is 2.91. The van der Waals surface area contributed by atoms with Gasteiger partial charge in [-0.1, -0.05) is 55.4 Å². The minimum absolute atomic E-state index is 0.669. The Hall–Kier alpha value is -1.65. The van der Waals surface area contributed by atoms with Crippen molar-refractivity contribution in [2.24, 2.45) is 11.1 Å². The number of allylic oxidation sites excluding steroid dienone is 1. The van der Waals surface area contributed by atoms with Crippen molar-refractivity contribution in [3.8, 4) is 0 Å². The Morgan fingerprint density at radius 2 is 1.88 bits per heavy atom. The minimum atomic E-state index is 0.669. The smallest absolute Gasteiger partial charge is 0.118 e. The van der Waals surface area contributed by atoms with E-state index in [4.69, 9.17) is 4.84 Å². The summed E-state index contributed by atoms with van der Waals surface area (Å²) in [5.41, 5.74) is 2.22. The Morgan fingerprint density at radius 1 is 1.15 bits per heavy atom. The first-order valence-electron chi connectivity index (χ1n) is 9.96. The molecule has 1 aliphatic rings. The molecule has 0 bridgehead atoms. The first-order chi connectivity index (χ1) is 12.6. The van der Waals surface area contributed by atoms with Crippen molar-refractivity contribution >= 4 is 11.8 Å². The molecule has 1 fully saturated rings. The van der Waals surface area contributed by atoms with Crippen LogP contribution in [0.4, 0.5) is 0 Å². The molecule has 0 aliphatic carbocycles. The van der Waals surface area contributed by atoms with Gasteiger partial charge in [-0.15, -0.1) is 0 Å². The molecule has 0 unspecified atom stereocenters. The van der Waals surface area contributed by atoms with Crippen molar-refractivity contribution in [2.75, 3.05) is 46.4 Å². The third kappa shape index (κ3) is 8.63. The quantitative estimate of drug-likeness (QED) is 0.358. The maximum absolute atomic E-state index is 5.63. The molecule has 0 amide bonds. The first kappa shape index (κ1) is 20.7. The highest BCUT2D eigenvalue weighted by molar-refractivity contribution is 5.97. The van der Waals surface area contributed by atoms with Gasteiger partial charge in [-0.05, 0) is 43.9 Å². The van der Waals surface area contributed by atoms with Crippen LogP contribution in [0.1, 0.15) is 38.7 Å². The van der Waals surface area contributed by atoms with E-state index < -0.39 is 0 Å². The van der Waals surface area contributed by atoms with Gasteiger partial charge in [0.05, 0.1) is 5.71 Å². The van der Waals surface area contributed by atoms with E-state index in [9.17, 15) is 0 Å². The summed E-state index contributed by atoms with van der Waals surface area (Å²) >= 11 is 0. The summed E-state index contributed by atoms with van der Waals surface area (Å²) in [7, 11) is 2.19. The molecule has 1 heterocycles. The lowest BCUT2D eigenvalue weighted by molar-refractivity contribution is 0.111. The molecule has 1 aromatic carbocycles. The Balaban J connectivity index is 1.75. The van der Waals surface area contributed by atoms with Crippen molar-refractivity contribution < 1.29 is 4.84 Å². The van der Waals surface area contributed by atoms with Crippen molar-refractivity contribution in [3.05, 3.63) is 42.0 Å². The highest BCUT2D eigenvalue weighted by Gasteiger charge is 2.12. The second-order valence-electron chi connectivity index (χ2n) is 7.59. The third-order valence-electron chi connectivity index (χ3n) is 4.73. The average Bonchev–Trinajstić information content (AvgIpc) is 2.65. The highest BCUT2D eigenvalue weighted by atomic mass is 16.6. The largest absolute Gasteiger partial charge is 0.396 e. The third-order valence-corrected chi connectivity index (χ3v) is 4.73. The predicted octanol–water partition coefficient (Wildman–Crippen LogP) is 4.15. The lowest BCUT2D eigenvalue weighted by Gasteiger charge is -2.32. The Bertz CT molecular complexity index is 546. The van der Waals surface area contributed by atoms with E-state index in [1.807, 2.05) is 6.07 Å². The Labute approximate surface area is 159 Å². The van der Waals surface area contributed by atoms with Crippen molar-refractivity contribution in [2.45, 2.75) is 33.1 Å². The van der Waals surface area contributed by atoms with Gasteiger partial charge < -0.3 is 14.6 Å². The molecule has 4 nitrogen and oxygen atoms in total. The summed E-state index contributed by atoms with van der Waals surface area (Å²) in [6.45, 7) is 11.0. The number of benzene rings is 1. The van der Waals surface area contributed by atoms with Crippen LogP contribution in [0.2, 0.25) is 0 Å². The summed E-state index contributed by atoms with van der Waals surface area (Å²) in [5, 5.41) is 4.41. The van der Waals surface area contributed by atoms with Crippen LogP contribution in [0.3, 0.4) is 0 Å². The van der Waals surface area contributed by atoms with E-state index in [-0.39, 0.29) is 0 Å². The van der Waals surface area contributed by atoms with Gasteiger partial charge in [-0.2, -0.15) is 0 Å². The fourth-order valence-electron chi connectivity index (χ4n) is 2.91. The van der Waals surface area contributed by atoms with E-state index in [0.717, 1.165) is 31.5 Å². The second-order valence-corrected chi connectivity index (χ2v) is 7.59. The topological polar surface area (TPSA) is 28.1 Å². The van der Waals surface area contributed by atoms with Crippen molar-refractivity contribution in [1.82, 2.24) is 9.80 Å². The van der Waals surface area contributed by atoms with Crippen molar-refractivity contribution in [1.29, 1.82) is 0 Å². The van der Waals surface area contributed by atoms with Gasteiger partial charge in [0, 0.05) is 32.7 Å². The standard InChI is InChI=1S/C22H35N3O/c1-20(2)10-12-22(13-11-21-8-5-4-6-9-21)23-26-19-7-14-25-17-15-24(3)16-18-25/h4-6,8-9,11,13,20H,7,10,12,14-19H2,1-3H3/b13-11+,23-22+. The molecule has 0 radical (unpaired) electrons. The summed E-state index contributed by atoms with van der Waals surface area (Å²) in [4.78, 5) is 10.5. The molecule has 0 atom stereocenters. The van der Waals surface area contributed by atoms with Crippen LogP contribution in [0, 0.1) is 5.92 Å². The van der Waals surface area contributed by atoms with Gasteiger partial charge in [-0.25, -0.2) is 0 Å². The number of hydrogen-bond acceptors (Lipinski definition) is 4. The molecular weight excluding hydrogens is 322 g/mol. The van der Waals surface area contributed by atoms with Gasteiger partial charge in [0.1, 0.15) is 6.61 Å². The lowest BCUT2D eigenvalue weighted by atomic mass is 10.0. The van der Waals surface area contributed by atoms with E-state index >= 15 is 0 Å². The van der Waals surface area contributed by atoms with E-state index in [1.165, 1.54) is 31.7 Å². The molecule has 1 aromatic rings. The molecule has 144 valence electrons. The number of hydrogen-bond donors (Lipinski definition) is 0. The van der Waals surface area contributed by atoms with Crippen LogP contribution in [-0.2, 0) is 4.84 Å². The van der Waals surface area contributed by atoms with Crippen LogP contribution >= 0.6 is 0 Å². The average molecular weight is 358 g/mol. The molecule has 0 saturated carbocycles. The maximum Gasteiger partial charge on any atom is 0.118 e. The minimum Gasteiger partial charge on any atom is -0.396 e. The molecule has 4 heteroatoms. The number of oxime groups is 1.